The van der Waals surface area contributed by atoms with Crippen molar-refractivity contribution in [3.63, 3.8) is 0 Å². The molecule has 1 aromatic rings. The minimum absolute atomic E-state index is 0.126. The molecule has 0 atom stereocenters. The Kier molecular flexibility index (Phi) is 4.80. The van der Waals surface area contributed by atoms with Crippen molar-refractivity contribution in [2.45, 2.75) is 31.7 Å². The first-order valence-electron chi connectivity index (χ1n) is 6.46. The highest BCUT2D eigenvalue weighted by Crippen LogP contribution is 2.20. The van der Waals surface area contributed by atoms with E-state index in [-0.39, 0.29) is 23.7 Å². The van der Waals surface area contributed by atoms with Gasteiger partial charge in [-0.3, -0.25) is 9.59 Å². The minimum atomic E-state index is -0.317. The fourth-order valence-corrected chi connectivity index (χ4v) is 2.37. The highest BCUT2D eigenvalue weighted by atomic mass is 35.5. The fourth-order valence-electron chi connectivity index (χ4n) is 2.31. The van der Waals surface area contributed by atoms with E-state index in [9.17, 15) is 9.59 Å². The number of anilines is 1. The molecule has 1 aliphatic rings. The second kappa shape index (κ2) is 6.57. The zero-order chi connectivity index (χ0) is 13.7. The van der Waals surface area contributed by atoms with E-state index in [4.69, 9.17) is 11.6 Å². The molecule has 0 spiro atoms. The van der Waals surface area contributed by atoms with E-state index < -0.39 is 0 Å². The lowest BCUT2D eigenvalue weighted by atomic mass is 10.1. The summed E-state index contributed by atoms with van der Waals surface area (Å²) < 4.78 is 0. The predicted octanol–water partition coefficient (Wildman–Crippen LogP) is 2.54. The van der Waals surface area contributed by atoms with Gasteiger partial charge in [0, 0.05) is 6.04 Å². The van der Waals surface area contributed by atoms with Gasteiger partial charge < -0.3 is 10.6 Å². The van der Waals surface area contributed by atoms with E-state index in [0.717, 1.165) is 25.7 Å². The number of amides is 2. The van der Waals surface area contributed by atoms with Crippen LogP contribution >= 0.6 is 11.6 Å². The van der Waals surface area contributed by atoms with E-state index in [1.165, 1.54) is 0 Å². The van der Waals surface area contributed by atoms with Gasteiger partial charge in [0.05, 0.1) is 11.3 Å². The van der Waals surface area contributed by atoms with Crippen LogP contribution in [-0.2, 0) is 4.79 Å². The van der Waals surface area contributed by atoms with Crippen molar-refractivity contribution in [1.82, 2.24) is 5.32 Å². The average molecular weight is 281 g/mol. The molecule has 102 valence electrons. The number of rotatable bonds is 4. The smallest absolute Gasteiger partial charge is 0.253 e. The summed E-state index contributed by atoms with van der Waals surface area (Å²) in [5, 5.41) is 5.64. The van der Waals surface area contributed by atoms with Crippen LogP contribution in [0.4, 0.5) is 5.69 Å². The molecular formula is C14H17ClN2O2. The first-order chi connectivity index (χ1) is 9.20. The maximum atomic E-state index is 12.2. The number of alkyl halides is 1. The van der Waals surface area contributed by atoms with Crippen LogP contribution in [0.1, 0.15) is 36.0 Å². The topological polar surface area (TPSA) is 58.2 Å². The second-order valence-electron chi connectivity index (χ2n) is 4.68. The standard InChI is InChI=1S/C14H17ClN2O2/c15-9-13(18)17-12-8-4-3-7-11(12)14(19)16-10-5-1-2-6-10/h3-4,7-8,10H,1-2,5-6,9H2,(H,16,19)(H,17,18). The summed E-state index contributed by atoms with van der Waals surface area (Å²) in [5.41, 5.74) is 0.983. The normalized spacial score (nSPS) is 15.2. The van der Waals surface area contributed by atoms with Crippen LogP contribution in [0.5, 0.6) is 0 Å². The third kappa shape index (κ3) is 3.70. The van der Waals surface area contributed by atoms with Crippen molar-refractivity contribution in [2.75, 3.05) is 11.2 Å². The van der Waals surface area contributed by atoms with Gasteiger partial charge >= 0.3 is 0 Å². The van der Waals surface area contributed by atoms with Crippen LogP contribution in [0, 0.1) is 0 Å². The first kappa shape index (κ1) is 13.9. The van der Waals surface area contributed by atoms with E-state index in [0.29, 0.717) is 11.3 Å². The van der Waals surface area contributed by atoms with Crippen LogP contribution in [0.2, 0.25) is 0 Å². The van der Waals surface area contributed by atoms with Gasteiger partial charge in [-0.2, -0.15) is 0 Å². The summed E-state index contributed by atoms with van der Waals surface area (Å²) in [6.45, 7) is 0. The molecule has 5 heteroatoms. The predicted molar refractivity (Wildman–Crippen MR) is 75.5 cm³/mol. The highest BCUT2D eigenvalue weighted by Gasteiger charge is 2.19. The van der Waals surface area contributed by atoms with Crippen molar-refractivity contribution in [1.29, 1.82) is 0 Å². The molecule has 1 saturated carbocycles. The third-order valence-electron chi connectivity index (χ3n) is 3.26. The Labute approximate surface area is 117 Å². The molecule has 2 rings (SSSR count). The van der Waals surface area contributed by atoms with Crippen LogP contribution in [0.3, 0.4) is 0 Å². The van der Waals surface area contributed by atoms with Crippen molar-refractivity contribution in [2.24, 2.45) is 0 Å². The van der Waals surface area contributed by atoms with Gasteiger partial charge in [-0.25, -0.2) is 0 Å². The Morgan fingerprint density at radius 3 is 2.58 bits per heavy atom. The fraction of sp³-hybridized carbons (Fsp3) is 0.429. The average Bonchev–Trinajstić information content (AvgIpc) is 2.92. The Morgan fingerprint density at radius 2 is 1.89 bits per heavy atom. The molecule has 19 heavy (non-hydrogen) atoms. The number of para-hydroxylation sites is 1. The summed E-state index contributed by atoms with van der Waals surface area (Å²) in [4.78, 5) is 23.5. The Balaban J connectivity index is 2.09. The molecule has 0 aliphatic heterocycles. The van der Waals surface area contributed by atoms with Crippen LogP contribution < -0.4 is 10.6 Å². The maximum absolute atomic E-state index is 12.2. The Morgan fingerprint density at radius 1 is 1.21 bits per heavy atom. The quantitative estimate of drug-likeness (QED) is 0.833. The molecule has 0 unspecified atom stereocenters. The molecular weight excluding hydrogens is 264 g/mol. The zero-order valence-corrected chi connectivity index (χ0v) is 11.4. The van der Waals surface area contributed by atoms with Crippen molar-refractivity contribution in [3.8, 4) is 0 Å². The second-order valence-corrected chi connectivity index (χ2v) is 4.95. The molecule has 2 N–H and O–H groups in total. The number of nitrogens with one attached hydrogen (secondary N) is 2. The Bertz CT molecular complexity index is 470. The van der Waals surface area contributed by atoms with Crippen molar-refractivity contribution in [3.05, 3.63) is 29.8 Å². The summed E-state index contributed by atoms with van der Waals surface area (Å²) in [7, 11) is 0. The number of carbonyl (C=O) groups excluding carboxylic acids is 2. The van der Waals surface area contributed by atoms with Gasteiger partial charge in [-0.1, -0.05) is 25.0 Å². The zero-order valence-electron chi connectivity index (χ0n) is 10.6. The van der Waals surface area contributed by atoms with Crippen LogP contribution in [0.25, 0.3) is 0 Å². The molecule has 0 aromatic heterocycles. The number of hydrogen-bond acceptors (Lipinski definition) is 2. The number of carbonyl (C=O) groups is 2. The minimum Gasteiger partial charge on any atom is -0.349 e. The lowest BCUT2D eigenvalue weighted by molar-refractivity contribution is -0.113. The third-order valence-corrected chi connectivity index (χ3v) is 3.50. The number of benzene rings is 1. The summed E-state index contributed by atoms with van der Waals surface area (Å²) >= 11 is 5.46. The van der Waals surface area contributed by atoms with Gasteiger partial charge in [0.15, 0.2) is 0 Å². The molecule has 0 saturated heterocycles. The SMILES string of the molecule is O=C(CCl)Nc1ccccc1C(=O)NC1CCCC1. The van der Waals surface area contributed by atoms with Crippen molar-refractivity contribution < 1.29 is 9.59 Å². The first-order valence-corrected chi connectivity index (χ1v) is 7.00. The monoisotopic (exact) mass is 280 g/mol. The molecule has 2 amide bonds. The maximum Gasteiger partial charge on any atom is 0.253 e. The van der Waals surface area contributed by atoms with Gasteiger partial charge in [0.2, 0.25) is 5.91 Å². The summed E-state index contributed by atoms with van der Waals surface area (Å²) in [5.74, 6) is -0.585. The lowest BCUT2D eigenvalue weighted by Gasteiger charge is -2.14. The molecule has 1 aromatic carbocycles. The molecule has 0 radical (unpaired) electrons. The molecule has 4 nitrogen and oxygen atoms in total. The number of halogens is 1. The Hall–Kier alpha value is -1.55. The molecule has 1 fully saturated rings. The van der Waals surface area contributed by atoms with Gasteiger partial charge in [0.1, 0.15) is 5.88 Å². The van der Waals surface area contributed by atoms with Gasteiger partial charge in [-0.05, 0) is 25.0 Å². The van der Waals surface area contributed by atoms with E-state index in [1.54, 1.807) is 24.3 Å². The van der Waals surface area contributed by atoms with Crippen LogP contribution in [-0.4, -0.2) is 23.7 Å². The van der Waals surface area contributed by atoms with Gasteiger partial charge in [-0.15, -0.1) is 11.6 Å². The van der Waals surface area contributed by atoms with E-state index >= 15 is 0 Å². The van der Waals surface area contributed by atoms with E-state index in [1.807, 2.05) is 0 Å². The van der Waals surface area contributed by atoms with Crippen LogP contribution in [0.15, 0.2) is 24.3 Å². The van der Waals surface area contributed by atoms with Gasteiger partial charge in [0.25, 0.3) is 5.91 Å². The molecule has 0 heterocycles. The summed E-state index contributed by atoms with van der Waals surface area (Å²) in [6.07, 6.45) is 4.38. The molecule has 0 bridgehead atoms. The summed E-state index contributed by atoms with van der Waals surface area (Å²) in [6, 6.07) is 7.21. The van der Waals surface area contributed by atoms with E-state index in [2.05, 4.69) is 10.6 Å². The lowest BCUT2D eigenvalue weighted by Crippen LogP contribution is -2.33. The number of hydrogen-bond donors (Lipinski definition) is 2. The molecule has 1 aliphatic carbocycles. The largest absolute Gasteiger partial charge is 0.349 e. The highest BCUT2D eigenvalue weighted by molar-refractivity contribution is 6.29. The van der Waals surface area contributed by atoms with Crippen molar-refractivity contribution >= 4 is 29.1 Å².